The molecule has 4 rings (SSSR count). The molecule has 0 aliphatic carbocycles. The van der Waals surface area contributed by atoms with Gasteiger partial charge in [0, 0.05) is 36.2 Å². The summed E-state index contributed by atoms with van der Waals surface area (Å²) < 4.78 is 11.2. The first-order valence-electron chi connectivity index (χ1n) is 13.2. The molecule has 1 aliphatic heterocycles. The summed E-state index contributed by atoms with van der Waals surface area (Å²) in [5.41, 5.74) is 10.00. The van der Waals surface area contributed by atoms with E-state index in [2.05, 4.69) is 10.6 Å². The van der Waals surface area contributed by atoms with Crippen LogP contribution in [0.25, 0.3) is 17.2 Å². The Morgan fingerprint density at radius 3 is 2.40 bits per heavy atom. The minimum absolute atomic E-state index is 0.0750. The van der Waals surface area contributed by atoms with Crippen LogP contribution in [0.2, 0.25) is 0 Å². The van der Waals surface area contributed by atoms with Crippen molar-refractivity contribution in [2.24, 2.45) is 0 Å². The van der Waals surface area contributed by atoms with Gasteiger partial charge in [-0.1, -0.05) is 42.8 Å². The smallest absolute Gasteiger partial charge is 0.284 e. The van der Waals surface area contributed by atoms with Gasteiger partial charge >= 0.3 is 0 Å². The second-order valence-corrected chi connectivity index (χ2v) is 9.33. The van der Waals surface area contributed by atoms with Gasteiger partial charge in [0.05, 0.1) is 22.9 Å². The Morgan fingerprint density at radius 1 is 0.975 bits per heavy atom. The molecular weight excluding hydrogens is 512 g/mol. The van der Waals surface area contributed by atoms with Crippen molar-refractivity contribution in [3.05, 3.63) is 82.0 Å². The molecule has 1 aliphatic rings. The van der Waals surface area contributed by atoms with E-state index in [1.807, 2.05) is 49.4 Å². The van der Waals surface area contributed by atoms with E-state index in [1.165, 1.54) is 6.08 Å². The van der Waals surface area contributed by atoms with Gasteiger partial charge in [0.2, 0.25) is 11.8 Å². The van der Waals surface area contributed by atoms with Crippen molar-refractivity contribution >= 4 is 35.0 Å². The van der Waals surface area contributed by atoms with E-state index in [0.717, 1.165) is 11.1 Å². The largest absolute Gasteiger partial charge is 0.490 e. The van der Waals surface area contributed by atoms with Gasteiger partial charge in [0.15, 0.2) is 18.1 Å². The number of unbranched alkanes of at least 4 members (excludes halogenated alkanes) is 2. The average molecular weight is 545 g/mol. The zero-order chi connectivity index (χ0) is 28.5. The minimum atomic E-state index is -0.494. The van der Waals surface area contributed by atoms with Crippen LogP contribution < -0.4 is 25.8 Å². The number of ether oxygens (including phenoxy) is 2. The molecule has 208 valence electrons. The summed E-state index contributed by atoms with van der Waals surface area (Å²) in [6.07, 6.45) is 3.91. The number of rotatable bonds is 12. The Bertz CT molecular complexity index is 1420. The molecule has 0 saturated carbocycles. The normalized spacial score (nSPS) is 12.0. The molecule has 3 aromatic rings. The molecule has 10 heteroatoms. The van der Waals surface area contributed by atoms with Crippen LogP contribution in [0.3, 0.4) is 0 Å². The monoisotopic (exact) mass is 544 g/mol. The van der Waals surface area contributed by atoms with Crippen molar-refractivity contribution in [3.8, 4) is 22.6 Å². The molecule has 0 spiro atoms. The molecule has 4 N–H and O–H groups in total. The van der Waals surface area contributed by atoms with Crippen molar-refractivity contribution in [2.45, 2.75) is 39.0 Å². The van der Waals surface area contributed by atoms with E-state index in [9.17, 15) is 19.7 Å². The highest BCUT2D eigenvalue weighted by atomic mass is 16.6. The van der Waals surface area contributed by atoms with Crippen LogP contribution in [0.5, 0.6) is 11.5 Å². The molecule has 0 saturated heterocycles. The number of anilines is 3. The molecule has 3 aromatic carbocycles. The molecule has 40 heavy (non-hydrogen) atoms. The topological polar surface area (TPSA) is 146 Å². The number of nitrogen functional groups attached to an aromatic ring is 1. The first kappa shape index (κ1) is 28.2. The number of fused-ring (bicyclic) bond motifs is 1. The second kappa shape index (κ2) is 13.3. The van der Waals surface area contributed by atoms with Crippen LogP contribution in [-0.4, -0.2) is 30.0 Å². The second-order valence-electron chi connectivity index (χ2n) is 9.33. The average Bonchev–Trinajstić information content (AvgIpc) is 2.94. The number of carbonyl (C=O) groups is 2. The van der Waals surface area contributed by atoms with Crippen LogP contribution in [0.1, 0.15) is 44.6 Å². The molecule has 10 nitrogen and oxygen atoms in total. The van der Waals surface area contributed by atoms with Crippen molar-refractivity contribution in [1.29, 1.82) is 0 Å². The highest BCUT2D eigenvalue weighted by Crippen LogP contribution is 2.39. The summed E-state index contributed by atoms with van der Waals surface area (Å²) in [6, 6.07) is 18.7. The Morgan fingerprint density at radius 2 is 1.70 bits per heavy atom. The zero-order valence-corrected chi connectivity index (χ0v) is 22.3. The van der Waals surface area contributed by atoms with Gasteiger partial charge in [-0.15, -0.1) is 0 Å². The van der Waals surface area contributed by atoms with Crippen LogP contribution >= 0.6 is 0 Å². The number of benzene rings is 3. The summed E-state index contributed by atoms with van der Waals surface area (Å²) in [7, 11) is 0. The lowest BCUT2D eigenvalue weighted by Gasteiger charge is -2.19. The standard InChI is InChI=1S/C30H32N4O6/c1-2-39-27-18-23(15-22-16-24(34(37)38)19-40-30(22)27)32-28(35)11-7-4-8-12-29(36)33-26-17-21(13-14-25(26)31)20-9-5-3-6-10-20/h3,5-6,9-10,13-18H,2,4,7-8,11-12,19,31H2,1H3,(H,32,35)(H,33,36). The van der Waals surface area contributed by atoms with Crippen LogP contribution in [0.4, 0.5) is 17.1 Å². The van der Waals surface area contributed by atoms with Crippen molar-refractivity contribution in [1.82, 2.24) is 0 Å². The summed E-state index contributed by atoms with van der Waals surface area (Å²) in [5.74, 6) is 0.489. The Kier molecular flexibility index (Phi) is 9.35. The number of nitrogens with one attached hydrogen (secondary N) is 2. The molecule has 0 unspecified atom stereocenters. The maximum atomic E-state index is 12.5. The Balaban J connectivity index is 1.24. The number of hydrogen-bond donors (Lipinski definition) is 3. The lowest BCUT2D eigenvalue weighted by Crippen LogP contribution is -2.16. The van der Waals surface area contributed by atoms with Crippen molar-refractivity contribution < 1.29 is 24.0 Å². The summed E-state index contributed by atoms with van der Waals surface area (Å²) in [6.45, 7) is 2.03. The van der Waals surface area contributed by atoms with Gasteiger partial charge in [-0.3, -0.25) is 19.7 Å². The first-order valence-corrected chi connectivity index (χ1v) is 13.2. The molecule has 1 heterocycles. The first-order chi connectivity index (χ1) is 19.3. The maximum Gasteiger partial charge on any atom is 0.284 e. The van der Waals surface area contributed by atoms with Crippen LogP contribution in [0, 0.1) is 10.1 Å². The van der Waals surface area contributed by atoms with Crippen LogP contribution in [0.15, 0.2) is 66.4 Å². The zero-order valence-electron chi connectivity index (χ0n) is 22.3. The van der Waals surface area contributed by atoms with E-state index in [-0.39, 0.29) is 30.5 Å². The Hall–Kier alpha value is -4.86. The third kappa shape index (κ3) is 7.37. The van der Waals surface area contributed by atoms with Gasteiger partial charge in [-0.2, -0.15) is 0 Å². The van der Waals surface area contributed by atoms with E-state index in [0.29, 0.717) is 66.4 Å². The Labute approximate surface area is 232 Å². The minimum Gasteiger partial charge on any atom is -0.490 e. The molecule has 0 radical (unpaired) electrons. The van der Waals surface area contributed by atoms with Gasteiger partial charge in [0.25, 0.3) is 5.70 Å². The molecule has 0 bridgehead atoms. The molecule has 0 fully saturated rings. The fourth-order valence-electron chi connectivity index (χ4n) is 4.35. The molecule has 0 aromatic heterocycles. The fourth-order valence-corrected chi connectivity index (χ4v) is 4.35. The van der Waals surface area contributed by atoms with Gasteiger partial charge in [-0.25, -0.2) is 0 Å². The van der Waals surface area contributed by atoms with Gasteiger partial charge in [0.1, 0.15) is 0 Å². The summed E-state index contributed by atoms with van der Waals surface area (Å²) >= 11 is 0. The number of nitrogens with zero attached hydrogens (tertiary/aromatic N) is 1. The lowest BCUT2D eigenvalue weighted by atomic mass is 10.0. The van der Waals surface area contributed by atoms with E-state index in [4.69, 9.17) is 15.2 Å². The van der Waals surface area contributed by atoms with E-state index in [1.54, 1.807) is 18.2 Å². The van der Waals surface area contributed by atoms with Gasteiger partial charge < -0.3 is 25.8 Å². The number of nitro groups is 1. The number of amides is 2. The molecular formula is C30H32N4O6. The van der Waals surface area contributed by atoms with Gasteiger partial charge in [-0.05, 0) is 49.1 Å². The third-order valence-electron chi connectivity index (χ3n) is 6.33. The highest BCUT2D eigenvalue weighted by molar-refractivity contribution is 5.95. The molecule has 0 atom stereocenters. The lowest BCUT2D eigenvalue weighted by molar-refractivity contribution is -0.427. The fraction of sp³-hybridized carbons (Fsp3) is 0.267. The predicted octanol–water partition coefficient (Wildman–Crippen LogP) is 5.87. The van der Waals surface area contributed by atoms with Crippen LogP contribution in [-0.2, 0) is 9.59 Å². The summed E-state index contributed by atoms with van der Waals surface area (Å²) in [4.78, 5) is 35.7. The number of nitrogens with two attached hydrogens (primary N) is 1. The number of hydrogen-bond acceptors (Lipinski definition) is 7. The van der Waals surface area contributed by atoms with E-state index >= 15 is 0 Å². The maximum absolute atomic E-state index is 12.5. The predicted molar refractivity (Wildman–Crippen MR) is 155 cm³/mol. The number of carbonyl (C=O) groups excluding carboxylic acids is 2. The third-order valence-corrected chi connectivity index (χ3v) is 6.33. The SMILES string of the molecule is CCOc1cc(NC(=O)CCCCCC(=O)Nc2cc(-c3ccccc3)ccc2N)cc2c1OCC([N+](=O)[O-])=C2. The van der Waals surface area contributed by atoms with Crippen molar-refractivity contribution in [3.63, 3.8) is 0 Å². The van der Waals surface area contributed by atoms with E-state index < -0.39 is 4.92 Å². The molecule has 2 amide bonds. The van der Waals surface area contributed by atoms with Crippen molar-refractivity contribution in [2.75, 3.05) is 29.6 Å². The highest BCUT2D eigenvalue weighted by Gasteiger charge is 2.24. The quantitative estimate of drug-likeness (QED) is 0.112. The summed E-state index contributed by atoms with van der Waals surface area (Å²) in [5, 5.41) is 16.9.